The predicted molar refractivity (Wildman–Crippen MR) is 66.5 cm³/mol. The molecule has 3 heteroatoms. The molecule has 0 aromatic heterocycles. The minimum atomic E-state index is -0.440. The molecule has 94 valence electrons. The molecular weight excluding hydrogens is 216 g/mol. The first-order valence-corrected chi connectivity index (χ1v) is 6.09. The van der Waals surface area contributed by atoms with Crippen LogP contribution < -0.4 is 0 Å². The lowest BCUT2D eigenvalue weighted by Gasteiger charge is -2.20. The number of aliphatic hydroxyl groups is 1. The Morgan fingerprint density at radius 2 is 1.94 bits per heavy atom. The van der Waals surface area contributed by atoms with E-state index < -0.39 is 6.10 Å². The van der Waals surface area contributed by atoms with Crippen molar-refractivity contribution >= 4 is 5.97 Å². The number of carbonyl (C=O) groups is 1. The number of hydrogen-bond donors (Lipinski definition) is 1. The maximum atomic E-state index is 11.4. The lowest BCUT2D eigenvalue weighted by atomic mass is 10.0. The van der Waals surface area contributed by atoms with Gasteiger partial charge in [0, 0.05) is 12.8 Å². The number of rotatable bonds is 6. The van der Waals surface area contributed by atoms with Crippen LogP contribution in [0.25, 0.3) is 0 Å². The zero-order valence-corrected chi connectivity index (χ0v) is 10.4. The summed E-state index contributed by atoms with van der Waals surface area (Å²) in [6.07, 6.45) is 0.675. The van der Waals surface area contributed by atoms with E-state index in [9.17, 15) is 9.90 Å². The number of benzene rings is 1. The van der Waals surface area contributed by atoms with Gasteiger partial charge in [-0.15, -0.1) is 0 Å². The Balaban J connectivity index is 2.75. The summed E-state index contributed by atoms with van der Waals surface area (Å²) in [5, 5.41) is 9.68. The van der Waals surface area contributed by atoms with E-state index in [1.165, 1.54) is 0 Å². The Kier molecular flexibility index (Phi) is 5.70. The van der Waals surface area contributed by atoms with Crippen LogP contribution in [0.3, 0.4) is 0 Å². The van der Waals surface area contributed by atoms with Crippen molar-refractivity contribution < 1.29 is 14.6 Å². The fraction of sp³-hybridized carbons (Fsp3) is 0.500. The first kappa shape index (κ1) is 13.7. The van der Waals surface area contributed by atoms with E-state index in [-0.39, 0.29) is 12.1 Å². The molecule has 0 aliphatic carbocycles. The van der Waals surface area contributed by atoms with Gasteiger partial charge in [-0.05, 0) is 12.0 Å². The second-order valence-electron chi connectivity index (χ2n) is 4.04. The van der Waals surface area contributed by atoms with E-state index >= 15 is 0 Å². The summed E-state index contributed by atoms with van der Waals surface area (Å²) in [7, 11) is 0. The molecule has 2 atom stereocenters. The SMILES string of the molecule is CCC(=O)O[C@@H](C[C@H](O)CC)c1ccccc1. The van der Waals surface area contributed by atoms with Gasteiger partial charge in [0.25, 0.3) is 0 Å². The van der Waals surface area contributed by atoms with Crippen LogP contribution in [0.4, 0.5) is 0 Å². The molecule has 0 saturated carbocycles. The van der Waals surface area contributed by atoms with E-state index in [2.05, 4.69) is 0 Å². The molecule has 0 unspecified atom stereocenters. The highest BCUT2D eigenvalue weighted by Gasteiger charge is 2.18. The molecule has 0 spiro atoms. The van der Waals surface area contributed by atoms with Gasteiger partial charge < -0.3 is 9.84 Å². The monoisotopic (exact) mass is 236 g/mol. The standard InChI is InChI=1S/C14H20O3/c1-3-12(15)10-13(17-14(16)4-2)11-8-6-5-7-9-11/h5-9,12-13,15H,3-4,10H2,1-2H3/t12-,13+/m1/s1. The Hall–Kier alpha value is -1.35. The summed E-state index contributed by atoms with van der Waals surface area (Å²) in [4.78, 5) is 11.4. The molecule has 0 amide bonds. The van der Waals surface area contributed by atoms with Crippen LogP contribution in [-0.2, 0) is 9.53 Å². The van der Waals surface area contributed by atoms with E-state index in [4.69, 9.17) is 4.74 Å². The Labute approximate surface area is 102 Å². The molecule has 0 aliphatic rings. The highest BCUT2D eigenvalue weighted by molar-refractivity contribution is 5.69. The Morgan fingerprint density at radius 1 is 1.29 bits per heavy atom. The molecule has 0 saturated heterocycles. The molecule has 0 radical (unpaired) electrons. The lowest BCUT2D eigenvalue weighted by molar-refractivity contribution is -0.150. The van der Waals surface area contributed by atoms with E-state index in [1.807, 2.05) is 37.3 Å². The second-order valence-corrected chi connectivity index (χ2v) is 4.04. The van der Waals surface area contributed by atoms with Crippen LogP contribution >= 0.6 is 0 Å². The molecule has 3 nitrogen and oxygen atoms in total. The summed E-state index contributed by atoms with van der Waals surface area (Å²) >= 11 is 0. The average molecular weight is 236 g/mol. The van der Waals surface area contributed by atoms with Gasteiger partial charge in [0.1, 0.15) is 6.10 Å². The second kappa shape index (κ2) is 7.07. The van der Waals surface area contributed by atoms with Crippen LogP contribution in [0.15, 0.2) is 30.3 Å². The number of ether oxygens (including phenoxy) is 1. The number of hydrogen-bond acceptors (Lipinski definition) is 3. The molecule has 0 heterocycles. The third-order valence-electron chi connectivity index (χ3n) is 2.69. The minimum absolute atomic E-state index is 0.234. The highest BCUT2D eigenvalue weighted by atomic mass is 16.5. The first-order valence-electron chi connectivity index (χ1n) is 6.09. The van der Waals surface area contributed by atoms with Crippen LogP contribution in [0.1, 0.15) is 44.8 Å². The van der Waals surface area contributed by atoms with Gasteiger partial charge in [0.05, 0.1) is 6.10 Å². The van der Waals surface area contributed by atoms with Crippen molar-refractivity contribution in [2.75, 3.05) is 0 Å². The van der Waals surface area contributed by atoms with Gasteiger partial charge in [-0.25, -0.2) is 0 Å². The summed E-state index contributed by atoms with van der Waals surface area (Å²) in [6.45, 7) is 3.68. The summed E-state index contributed by atoms with van der Waals surface area (Å²) in [5.41, 5.74) is 0.932. The number of aliphatic hydroxyl groups excluding tert-OH is 1. The highest BCUT2D eigenvalue weighted by Crippen LogP contribution is 2.24. The number of esters is 1. The average Bonchev–Trinajstić information content (AvgIpc) is 2.38. The zero-order valence-electron chi connectivity index (χ0n) is 10.4. The van der Waals surface area contributed by atoms with Gasteiger partial charge in [0.2, 0.25) is 0 Å². The van der Waals surface area contributed by atoms with E-state index in [0.717, 1.165) is 5.56 Å². The largest absolute Gasteiger partial charge is 0.457 e. The van der Waals surface area contributed by atoms with Crippen molar-refractivity contribution in [2.24, 2.45) is 0 Å². The quantitative estimate of drug-likeness (QED) is 0.772. The van der Waals surface area contributed by atoms with Crippen molar-refractivity contribution in [3.05, 3.63) is 35.9 Å². The zero-order chi connectivity index (χ0) is 12.7. The molecule has 1 rings (SSSR count). The molecule has 17 heavy (non-hydrogen) atoms. The van der Waals surface area contributed by atoms with Gasteiger partial charge in [-0.3, -0.25) is 4.79 Å². The van der Waals surface area contributed by atoms with E-state index in [1.54, 1.807) is 6.92 Å². The maximum absolute atomic E-state index is 11.4. The Bertz CT molecular complexity index is 335. The predicted octanol–water partition coefficient (Wildman–Crippen LogP) is 2.84. The molecule has 1 aromatic rings. The third kappa shape index (κ3) is 4.57. The van der Waals surface area contributed by atoms with E-state index in [0.29, 0.717) is 19.3 Å². The first-order chi connectivity index (χ1) is 8.17. The number of carbonyl (C=O) groups excluding carboxylic acids is 1. The lowest BCUT2D eigenvalue weighted by Crippen LogP contribution is -2.17. The molecule has 1 aromatic carbocycles. The normalized spacial score (nSPS) is 14.1. The summed E-state index contributed by atoms with van der Waals surface area (Å²) in [6, 6.07) is 9.55. The van der Waals surface area contributed by atoms with Crippen LogP contribution in [0.2, 0.25) is 0 Å². The summed E-state index contributed by atoms with van der Waals surface area (Å²) < 4.78 is 5.36. The Morgan fingerprint density at radius 3 is 2.47 bits per heavy atom. The third-order valence-corrected chi connectivity index (χ3v) is 2.69. The summed E-state index contributed by atoms with van der Waals surface area (Å²) in [5.74, 6) is -0.234. The minimum Gasteiger partial charge on any atom is -0.457 e. The van der Waals surface area contributed by atoms with Gasteiger partial charge in [0.15, 0.2) is 0 Å². The fourth-order valence-corrected chi connectivity index (χ4v) is 1.58. The van der Waals surface area contributed by atoms with Crippen molar-refractivity contribution in [3.8, 4) is 0 Å². The van der Waals surface area contributed by atoms with Crippen LogP contribution in [0, 0.1) is 0 Å². The maximum Gasteiger partial charge on any atom is 0.306 e. The van der Waals surface area contributed by atoms with Crippen molar-refractivity contribution in [2.45, 2.75) is 45.3 Å². The molecule has 1 N–H and O–H groups in total. The topological polar surface area (TPSA) is 46.5 Å². The molecule has 0 fully saturated rings. The molecule has 0 aliphatic heterocycles. The molecular formula is C14H20O3. The van der Waals surface area contributed by atoms with Gasteiger partial charge in [-0.2, -0.15) is 0 Å². The fourth-order valence-electron chi connectivity index (χ4n) is 1.58. The van der Waals surface area contributed by atoms with Crippen molar-refractivity contribution in [1.82, 2.24) is 0 Å². The van der Waals surface area contributed by atoms with Crippen LogP contribution in [0.5, 0.6) is 0 Å². The van der Waals surface area contributed by atoms with Crippen molar-refractivity contribution in [3.63, 3.8) is 0 Å². The van der Waals surface area contributed by atoms with Crippen LogP contribution in [-0.4, -0.2) is 17.2 Å². The van der Waals surface area contributed by atoms with Crippen molar-refractivity contribution in [1.29, 1.82) is 0 Å². The molecule has 0 bridgehead atoms. The van der Waals surface area contributed by atoms with Gasteiger partial charge in [-0.1, -0.05) is 44.2 Å². The van der Waals surface area contributed by atoms with Gasteiger partial charge >= 0.3 is 5.97 Å². The smallest absolute Gasteiger partial charge is 0.306 e.